The van der Waals surface area contributed by atoms with E-state index in [-0.39, 0.29) is 23.8 Å². The van der Waals surface area contributed by atoms with Crippen molar-refractivity contribution in [3.8, 4) is 17.1 Å². The standard InChI is InChI=1S/C11H11F2N3O2/c1-17-8-3-2-6(10(12)13)4-7(8)11-15-9(5-14)18-16-11/h2-4,10H,5,14H2,1H3. The Labute approximate surface area is 102 Å². The lowest BCUT2D eigenvalue weighted by Gasteiger charge is -2.07. The maximum atomic E-state index is 12.6. The fourth-order valence-electron chi connectivity index (χ4n) is 1.48. The molecule has 0 unspecified atom stereocenters. The smallest absolute Gasteiger partial charge is 0.263 e. The summed E-state index contributed by atoms with van der Waals surface area (Å²) < 4.78 is 35.2. The van der Waals surface area contributed by atoms with Crippen LogP contribution in [0.5, 0.6) is 5.75 Å². The summed E-state index contributed by atoms with van der Waals surface area (Å²) in [5.74, 6) is 0.799. The van der Waals surface area contributed by atoms with Gasteiger partial charge in [0.15, 0.2) is 0 Å². The van der Waals surface area contributed by atoms with Gasteiger partial charge in [-0.05, 0) is 18.2 Å². The van der Waals surface area contributed by atoms with Gasteiger partial charge in [0, 0.05) is 5.56 Å². The fraction of sp³-hybridized carbons (Fsp3) is 0.273. The number of nitrogens with two attached hydrogens (primary N) is 1. The van der Waals surface area contributed by atoms with Crippen molar-refractivity contribution in [1.82, 2.24) is 10.1 Å². The van der Waals surface area contributed by atoms with Gasteiger partial charge < -0.3 is 15.0 Å². The minimum absolute atomic E-state index is 0.0872. The molecule has 2 aromatic rings. The molecular formula is C11H11F2N3O2. The summed E-state index contributed by atoms with van der Waals surface area (Å²) in [4.78, 5) is 3.98. The Kier molecular flexibility index (Phi) is 3.52. The molecule has 0 saturated carbocycles. The summed E-state index contributed by atoms with van der Waals surface area (Å²) >= 11 is 0. The molecule has 0 saturated heterocycles. The van der Waals surface area contributed by atoms with E-state index in [0.717, 1.165) is 0 Å². The average molecular weight is 255 g/mol. The number of ether oxygens (including phenoxy) is 1. The molecule has 1 aromatic heterocycles. The predicted octanol–water partition coefficient (Wildman–Crippen LogP) is 2.14. The highest BCUT2D eigenvalue weighted by Gasteiger charge is 2.16. The van der Waals surface area contributed by atoms with Crippen molar-refractivity contribution in [3.05, 3.63) is 29.7 Å². The first-order valence-corrected chi connectivity index (χ1v) is 5.14. The van der Waals surface area contributed by atoms with Gasteiger partial charge in [-0.25, -0.2) is 8.78 Å². The molecule has 2 rings (SSSR count). The van der Waals surface area contributed by atoms with E-state index >= 15 is 0 Å². The number of methoxy groups -OCH3 is 1. The minimum atomic E-state index is -2.57. The molecule has 0 atom stereocenters. The van der Waals surface area contributed by atoms with E-state index in [4.69, 9.17) is 15.0 Å². The zero-order valence-electron chi connectivity index (χ0n) is 9.56. The van der Waals surface area contributed by atoms with Crippen LogP contribution in [-0.4, -0.2) is 17.3 Å². The van der Waals surface area contributed by atoms with E-state index in [1.54, 1.807) is 0 Å². The second kappa shape index (κ2) is 5.09. The van der Waals surface area contributed by atoms with Crippen LogP contribution in [0.3, 0.4) is 0 Å². The number of nitrogens with zero attached hydrogens (tertiary/aromatic N) is 2. The van der Waals surface area contributed by atoms with E-state index in [1.165, 1.54) is 25.3 Å². The normalized spacial score (nSPS) is 10.9. The predicted molar refractivity (Wildman–Crippen MR) is 59.1 cm³/mol. The Hall–Kier alpha value is -2.02. The number of hydrogen-bond donors (Lipinski definition) is 1. The Bertz CT molecular complexity index is 543. The molecule has 0 spiro atoms. The van der Waals surface area contributed by atoms with E-state index in [9.17, 15) is 8.78 Å². The summed E-state index contributed by atoms with van der Waals surface area (Å²) in [6.45, 7) is 0.0872. The first-order valence-electron chi connectivity index (χ1n) is 5.14. The molecule has 0 bridgehead atoms. The van der Waals surface area contributed by atoms with Gasteiger partial charge in [0.25, 0.3) is 6.43 Å². The third-order valence-electron chi connectivity index (χ3n) is 2.36. The van der Waals surface area contributed by atoms with Crippen molar-refractivity contribution in [1.29, 1.82) is 0 Å². The lowest BCUT2D eigenvalue weighted by Crippen LogP contribution is -1.96. The van der Waals surface area contributed by atoms with Crippen molar-refractivity contribution in [3.63, 3.8) is 0 Å². The second-order valence-corrected chi connectivity index (χ2v) is 3.48. The van der Waals surface area contributed by atoms with E-state index < -0.39 is 6.43 Å². The lowest BCUT2D eigenvalue weighted by atomic mass is 10.1. The summed E-state index contributed by atoms with van der Waals surface area (Å²) in [6, 6.07) is 4.00. The maximum absolute atomic E-state index is 12.6. The molecule has 96 valence electrons. The number of benzene rings is 1. The molecule has 0 aliphatic heterocycles. The molecule has 1 heterocycles. The number of aromatic nitrogens is 2. The van der Waals surface area contributed by atoms with Crippen molar-refractivity contribution < 1.29 is 18.0 Å². The first-order chi connectivity index (χ1) is 8.65. The molecule has 0 radical (unpaired) electrons. The Morgan fingerprint density at radius 3 is 2.78 bits per heavy atom. The number of alkyl halides is 2. The molecule has 0 amide bonds. The molecule has 5 nitrogen and oxygen atoms in total. The topological polar surface area (TPSA) is 74.2 Å². The maximum Gasteiger partial charge on any atom is 0.263 e. The molecule has 0 fully saturated rings. The highest BCUT2D eigenvalue weighted by atomic mass is 19.3. The molecule has 1 aromatic carbocycles. The first kappa shape index (κ1) is 12.4. The van der Waals surface area contributed by atoms with E-state index in [2.05, 4.69) is 10.1 Å². The molecular weight excluding hydrogens is 244 g/mol. The third kappa shape index (κ3) is 2.30. The number of hydrogen-bond acceptors (Lipinski definition) is 5. The Morgan fingerprint density at radius 1 is 1.44 bits per heavy atom. The summed E-state index contributed by atoms with van der Waals surface area (Å²) in [6.07, 6.45) is -2.57. The monoisotopic (exact) mass is 255 g/mol. The van der Waals surface area contributed by atoms with Crippen LogP contribution in [0.2, 0.25) is 0 Å². The summed E-state index contributed by atoms with van der Waals surface area (Å²) in [7, 11) is 1.44. The minimum Gasteiger partial charge on any atom is -0.496 e. The van der Waals surface area contributed by atoms with E-state index in [0.29, 0.717) is 11.3 Å². The molecule has 0 aliphatic carbocycles. The Balaban J connectivity index is 2.49. The zero-order chi connectivity index (χ0) is 13.1. The second-order valence-electron chi connectivity index (χ2n) is 3.48. The zero-order valence-corrected chi connectivity index (χ0v) is 9.56. The third-order valence-corrected chi connectivity index (χ3v) is 2.36. The Morgan fingerprint density at radius 2 is 2.22 bits per heavy atom. The largest absolute Gasteiger partial charge is 0.496 e. The highest BCUT2D eigenvalue weighted by molar-refractivity contribution is 5.64. The van der Waals surface area contributed by atoms with Crippen LogP contribution in [0, 0.1) is 0 Å². The van der Waals surface area contributed by atoms with Gasteiger partial charge in [-0.1, -0.05) is 5.16 Å². The fourth-order valence-corrected chi connectivity index (χ4v) is 1.48. The van der Waals surface area contributed by atoms with Crippen LogP contribution in [0.1, 0.15) is 17.9 Å². The van der Waals surface area contributed by atoms with Crippen molar-refractivity contribution in [2.24, 2.45) is 5.73 Å². The molecule has 18 heavy (non-hydrogen) atoms. The van der Waals surface area contributed by atoms with Crippen molar-refractivity contribution >= 4 is 0 Å². The van der Waals surface area contributed by atoms with Gasteiger partial charge in [0.1, 0.15) is 5.75 Å². The van der Waals surface area contributed by atoms with Gasteiger partial charge in [-0.15, -0.1) is 0 Å². The van der Waals surface area contributed by atoms with Crippen LogP contribution >= 0.6 is 0 Å². The number of rotatable bonds is 4. The van der Waals surface area contributed by atoms with Gasteiger partial charge in [-0.3, -0.25) is 0 Å². The van der Waals surface area contributed by atoms with Gasteiger partial charge >= 0.3 is 0 Å². The van der Waals surface area contributed by atoms with Crippen LogP contribution in [-0.2, 0) is 6.54 Å². The van der Waals surface area contributed by atoms with Crippen LogP contribution in [0.25, 0.3) is 11.4 Å². The summed E-state index contributed by atoms with van der Waals surface area (Å²) in [5.41, 5.74) is 5.55. The number of halogens is 2. The lowest BCUT2D eigenvalue weighted by molar-refractivity contribution is 0.151. The van der Waals surface area contributed by atoms with Crippen molar-refractivity contribution in [2.75, 3.05) is 7.11 Å². The SMILES string of the molecule is COc1ccc(C(F)F)cc1-c1noc(CN)n1. The quantitative estimate of drug-likeness (QED) is 0.905. The average Bonchev–Trinajstić information content (AvgIpc) is 2.86. The molecule has 2 N–H and O–H groups in total. The molecule has 0 aliphatic rings. The van der Waals surface area contributed by atoms with E-state index in [1.807, 2.05) is 0 Å². The van der Waals surface area contributed by atoms with Gasteiger partial charge in [-0.2, -0.15) is 4.98 Å². The highest BCUT2D eigenvalue weighted by Crippen LogP contribution is 2.32. The summed E-state index contributed by atoms with van der Waals surface area (Å²) in [5, 5.41) is 3.68. The van der Waals surface area contributed by atoms with Crippen LogP contribution < -0.4 is 10.5 Å². The molecule has 7 heteroatoms. The van der Waals surface area contributed by atoms with Crippen LogP contribution in [0.15, 0.2) is 22.7 Å². The van der Waals surface area contributed by atoms with Gasteiger partial charge in [0.2, 0.25) is 11.7 Å². The van der Waals surface area contributed by atoms with Crippen LogP contribution in [0.4, 0.5) is 8.78 Å². The van der Waals surface area contributed by atoms with Gasteiger partial charge in [0.05, 0.1) is 19.2 Å². The van der Waals surface area contributed by atoms with Crippen molar-refractivity contribution in [2.45, 2.75) is 13.0 Å².